The van der Waals surface area contributed by atoms with E-state index >= 15 is 0 Å². The van der Waals surface area contributed by atoms with Crippen LogP contribution in [0.4, 0.5) is 0 Å². The molecule has 1 atom stereocenters. The average Bonchev–Trinajstić information content (AvgIpc) is 2.77. The van der Waals surface area contributed by atoms with Gasteiger partial charge in [-0.25, -0.2) is 0 Å². The van der Waals surface area contributed by atoms with Crippen molar-refractivity contribution in [2.75, 3.05) is 20.3 Å². The van der Waals surface area contributed by atoms with Gasteiger partial charge in [0.1, 0.15) is 11.5 Å². The monoisotopic (exact) mass is 620 g/mol. The first-order valence-corrected chi connectivity index (χ1v) is 28.3. The summed E-state index contributed by atoms with van der Waals surface area (Å²) in [5.41, 5.74) is 3.73. The van der Waals surface area contributed by atoms with Crippen molar-refractivity contribution < 1.29 is 22.4 Å². The fourth-order valence-electron chi connectivity index (χ4n) is 4.29. The fraction of sp³-hybridized carbons (Fsp3) is 0.613. The van der Waals surface area contributed by atoms with Gasteiger partial charge in [-0.1, -0.05) is 18.2 Å². The first kappa shape index (κ1) is 34.8. The lowest BCUT2D eigenvalue weighted by Gasteiger charge is -2.29. The second-order valence-corrected chi connectivity index (χ2v) is 32.6. The van der Waals surface area contributed by atoms with E-state index in [-0.39, 0.29) is 5.92 Å². The second kappa shape index (κ2) is 14.2. The van der Waals surface area contributed by atoms with E-state index in [1.807, 2.05) is 0 Å². The van der Waals surface area contributed by atoms with E-state index in [2.05, 4.69) is 115 Å². The Kier molecular flexibility index (Phi) is 12.4. The lowest BCUT2D eigenvalue weighted by Crippen LogP contribution is -2.31. The van der Waals surface area contributed by atoms with Crippen LogP contribution < -0.4 is 13.6 Å². The van der Waals surface area contributed by atoms with E-state index in [0.717, 1.165) is 43.1 Å². The molecule has 1 unspecified atom stereocenters. The van der Waals surface area contributed by atoms with Gasteiger partial charge >= 0.3 is 0 Å². The minimum Gasteiger partial charge on any atom is -0.544 e. The number of rotatable bonds is 16. The van der Waals surface area contributed by atoms with Crippen molar-refractivity contribution in [3.05, 3.63) is 53.1 Å². The van der Waals surface area contributed by atoms with E-state index < -0.39 is 33.3 Å². The molecule has 0 fully saturated rings. The van der Waals surface area contributed by atoms with Crippen molar-refractivity contribution in [3.8, 4) is 17.2 Å². The molecule has 2 aromatic rings. The quantitative estimate of drug-likeness (QED) is 0.138. The SMILES string of the molecule is COc1cc(CC(CO[Si](C)(C)C)c2ccc(CCCO[Si](C)(C)C)cc2O[Si](C)(C)C)ccc1O[Si](C)(C)C. The van der Waals surface area contributed by atoms with Crippen LogP contribution in [0.1, 0.15) is 29.0 Å². The van der Waals surface area contributed by atoms with Crippen LogP contribution in [0.15, 0.2) is 36.4 Å². The van der Waals surface area contributed by atoms with Gasteiger partial charge in [0.25, 0.3) is 0 Å². The van der Waals surface area contributed by atoms with Gasteiger partial charge in [-0.15, -0.1) is 0 Å². The zero-order chi connectivity index (χ0) is 30.4. The van der Waals surface area contributed by atoms with Crippen molar-refractivity contribution in [1.82, 2.24) is 0 Å². The molecule has 226 valence electrons. The molecule has 0 aromatic heterocycles. The highest BCUT2D eigenvalue weighted by Gasteiger charge is 2.26. The Balaban J connectivity index is 2.42. The summed E-state index contributed by atoms with van der Waals surface area (Å²) >= 11 is 0. The van der Waals surface area contributed by atoms with Gasteiger partial charge in [-0.3, -0.25) is 0 Å². The molecule has 9 heteroatoms. The third-order valence-electron chi connectivity index (χ3n) is 5.92. The van der Waals surface area contributed by atoms with Gasteiger partial charge < -0.3 is 22.4 Å². The molecule has 2 rings (SSSR count). The molecule has 0 saturated carbocycles. The van der Waals surface area contributed by atoms with Crippen LogP contribution in [-0.2, 0) is 21.7 Å². The normalized spacial score (nSPS) is 13.7. The van der Waals surface area contributed by atoms with Crippen molar-refractivity contribution in [2.45, 2.75) is 104 Å². The zero-order valence-electron chi connectivity index (χ0n) is 27.6. The van der Waals surface area contributed by atoms with Crippen molar-refractivity contribution >= 4 is 33.3 Å². The van der Waals surface area contributed by atoms with Gasteiger partial charge in [0.05, 0.1) is 7.11 Å². The van der Waals surface area contributed by atoms with E-state index in [4.69, 9.17) is 22.4 Å². The maximum absolute atomic E-state index is 6.73. The summed E-state index contributed by atoms with van der Waals surface area (Å²) in [6.45, 7) is 28.3. The molecule has 0 aliphatic carbocycles. The molecule has 5 nitrogen and oxygen atoms in total. The molecule has 0 N–H and O–H groups in total. The summed E-state index contributed by atoms with van der Waals surface area (Å²) in [6.07, 6.45) is 2.84. The minimum absolute atomic E-state index is 0.163. The maximum atomic E-state index is 6.73. The van der Waals surface area contributed by atoms with Crippen LogP contribution in [0.5, 0.6) is 17.2 Å². The molecular weight excluding hydrogens is 565 g/mol. The highest BCUT2D eigenvalue weighted by atomic mass is 28.4. The molecule has 40 heavy (non-hydrogen) atoms. The van der Waals surface area contributed by atoms with E-state index in [1.165, 1.54) is 16.7 Å². The van der Waals surface area contributed by atoms with E-state index in [1.54, 1.807) is 7.11 Å². The van der Waals surface area contributed by atoms with Gasteiger partial charge in [0.15, 0.2) is 22.4 Å². The zero-order valence-corrected chi connectivity index (χ0v) is 31.6. The Morgan fingerprint density at radius 3 is 1.70 bits per heavy atom. The Bertz CT molecular complexity index is 1080. The Morgan fingerprint density at radius 2 is 1.15 bits per heavy atom. The van der Waals surface area contributed by atoms with Gasteiger partial charge in [-0.05, 0) is 133 Å². The molecule has 0 amide bonds. The number of benzene rings is 2. The third kappa shape index (κ3) is 13.5. The predicted octanol–water partition coefficient (Wildman–Crippen LogP) is 9.08. The van der Waals surface area contributed by atoms with Crippen molar-refractivity contribution in [2.24, 2.45) is 0 Å². The van der Waals surface area contributed by atoms with Crippen LogP contribution in [0.3, 0.4) is 0 Å². The molecule has 0 aliphatic heterocycles. The maximum Gasteiger partial charge on any atom is 0.242 e. The summed E-state index contributed by atoms with van der Waals surface area (Å²) in [7, 11) is -5.09. The first-order chi connectivity index (χ1) is 18.2. The summed E-state index contributed by atoms with van der Waals surface area (Å²) < 4.78 is 31.4. The van der Waals surface area contributed by atoms with Crippen molar-refractivity contribution in [3.63, 3.8) is 0 Å². The molecule has 0 heterocycles. The summed E-state index contributed by atoms with van der Waals surface area (Å²) in [6, 6.07) is 13.2. The number of hydrogen-bond donors (Lipinski definition) is 0. The number of aryl methyl sites for hydroxylation is 1. The molecule has 0 radical (unpaired) electrons. The summed E-state index contributed by atoms with van der Waals surface area (Å²) in [4.78, 5) is 0. The van der Waals surface area contributed by atoms with Gasteiger partial charge in [0, 0.05) is 19.1 Å². The predicted molar refractivity (Wildman–Crippen MR) is 181 cm³/mol. The largest absolute Gasteiger partial charge is 0.544 e. The fourth-order valence-corrected chi connectivity index (χ4v) is 7.41. The number of ether oxygens (including phenoxy) is 1. The van der Waals surface area contributed by atoms with E-state index in [0.29, 0.717) is 6.61 Å². The Hall–Kier alpha value is -1.37. The van der Waals surface area contributed by atoms with Crippen LogP contribution >= 0.6 is 0 Å². The van der Waals surface area contributed by atoms with Crippen LogP contribution in [0.2, 0.25) is 78.6 Å². The van der Waals surface area contributed by atoms with Crippen LogP contribution in [-0.4, -0.2) is 53.6 Å². The lowest BCUT2D eigenvalue weighted by atomic mass is 9.90. The standard InChI is InChI=1S/C31H56O5Si4/c1-32-31-23-26(17-19-29(31)35-39(8,9)10)21-27(24-34-38(5,6)7)28-18-16-25(15-14-20-33-37(2,3)4)22-30(28)36-40(11,12)13/h16-19,22-23,27H,14-15,20-21,24H2,1-13H3. The van der Waals surface area contributed by atoms with Gasteiger partial charge in [-0.2, -0.15) is 0 Å². The first-order valence-electron chi connectivity index (χ1n) is 14.7. The number of methoxy groups -OCH3 is 1. The molecule has 0 aliphatic rings. The minimum atomic E-state index is -1.84. The second-order valence-electron chi connectivity index (χ2n) is 14.7. The smallest absolute Gasteiger partial charge is 0.242 e. The molecule has 0 bridgehead atoms. The average molecular weight is 621 g/mol. The topological polar surface area (TPSA) is 46.2 Å². The third-order valence-corrected chi connectivity index (χ3v) is 9.69. The van der Waals surface area contributed by atoms with Crippen molar-refractivity contribution in [1.29, 1.82) is 0 Å². The van der Waals surface area contributed by atoms with Crippen LogP contribution in [0.25, 0.3) is 0 Å². The molecule has 0 spiro atoms. The lowest BCUT2D eigenvalue weighted by molar-refractivity contribution is 0.278. The molecule has 2 aromatic carbocycles. The number of hydrogen-bond acceptors (Lipinski definition) is 5. The Labute approximate surface area is 249 Å². The summed E-state index contributed by atoms with van der Waals surface area (Å²) in [5.74, 6) is 2.79. The highest BCUT2D eigenvalue weighted by molar-refractivity contribution is 6.71. The van der Waals surface area contributed by atoms with E-state index in [9.17, 15) is 0 Å². The molecular formula is C31H56O5Si4. The van der Waals surface area contributed by atoms with Crippen LogP contribution in [0, 0.1) is 0 Å². The Morgan fingerprint density at radius 1 is 0.600 bits per heavy atom. The molecule has 0 saturated heterocycles. The summed E-state index contributed by atoms with van der Waals surface area (Å²) in [5, 5.41) is 0. The highest BCUT2D eigenvalue weighted by Crippen LogP contribution is 2.36. The van der Waals surface area contributed by atoms with Gasteiger partial charge in [0.2, 0.25) is 16.6 Å².